The molecule has 0 atom stereocenters. The lowest BCUT2D eigenvalue weighted by atomic mass is 10.3. The Morgan fingerprint density at radius 2 is 2.10 bits per heavy atom. The molecule has 0 fully saturated rings. The predicted octanol–water partition coefficient (Wildman–Crippen LogP) is 1.06. The van der Waals surface area contributed by atoms with Crippen LogP contribution in [0.3, 0.4) is 0 Å². The fourth-order valence-electron chi connectivity index (χ4n) is 1.36. The van der Waals surface area contributed by atoms with E-state index in [-0.39, 0.29) is 25.5 Å². The number of amides is 1. The number of hydrogen-bond acceptors (Lipinski definition) is 5. The number of carbonyl (C=O) groups is 2. The van der Waals surface area contributed by atoms with Crippen LogP contribution in [0.5, 0.6) is 5.75 Å². The van der Waals surface area contributed by atoms with Crippen molar-refractivity contribution >= 4 is 17.6 Å². The molecule has 0 aromatic heterocycles. The van der Waals surface area contributed by atoms with Gasteiger partial charge in [-0.2, -0.15) is 0 Å². The Morgan fingerprint density at radius 3 is 2.75 bits per heavy atom. The molecule has 1 aromatic carbocycles. The van der Waals surface area contributed by atoms with Gasteiger partial charge in [0, 0.05) is 25.3 Å². The molecular formula is C14H20N2O4. The fourth-order valence-corrected chi connectivity index (χ4v) is 1.36. The Kier molecular flexibility index (Phi) is 6.36. The first-order chi connectivity index (χ1) is 9.52. The summed E-state index contributed by atoms with van der Waals surface area (Å²) in [6, 6.07) is 6.94. The van der Waals surface area contributed by atoms with E-state index >= 15 is 0 Å². The summed E-state index contributed by atoms with van der Waals surface area (Å²) in [5.41, 5.74) is 6.19. The number of nitrogens with two attached hydrogens (primary N) is 1. The zero-order chi connectivity index (χ0) is 15.0. The van der Waals surface area contributed by atoms with E-state index in [2.05, 4.69) is 0 Å². The third-order valence-electron chi connectivity index (χ3n) is 2.69. The summed E-state index contributed by atoms with van der Waals surface area (Å²) >= 11 is 0. The summed E-state index contributed by atoms with van der Waals surface area (Å²) in [5, 5.41) is 0. The first-order valence-corrected chi connectivity index (χ1v) is 6.41. The van der Waals surface area contributed by atoms with Crippen molar-refractivity contribution in [2.45, 2.75) is 13.3 Å². The molecular weight excluding hydrogens is 260 g/mol. The lowest BCUT2D eigenvalue weighted by molar-refractivity contribution is -0.151. The summed E-state index contributed by atoms with van der Waals surface area (Å²) in [5.74, 6) is -0.0936. The zero-order valence-electron chi connectivity index (χ0n) is 11.8. The minimum absolute atomic E-state index is 0.0813. The minimum Gasteiger partial charge on any atom is -0.493 e. The number of hydrogen-bond donors (Lipinski definition) is 1. The van der Waals surface area contributed by atoms with Gasteiger partial charge in [-0.3, -0.25) is 9.59 Å². The van der Waals surface area contributed by atoms with Gasteiger partial charge < -0.3 is 20.1 Å². The fraction of sp³-hybridized carbons (Fsp3) is 0.429. The van der Waals surface area contributed by atoms with Crippen LogP contribution in [0.25, 0.3) is 0 Å². The van der Waals surface area contributed by atoms with Crippen molar-refractivity contribution in [3.8, 4) is 5.75 Å². The number of likely N-dealkylation sites (N-methyl/N-ethyl adjacent to an activating group) is 1. The summed E-state index contributed by atoms with van der Waals surface area (Å²) in [7, 11) is 1.65. The van der Waals surface area contributed by atoms with E-state index in [1.807, 2.05) is 6.92 Å². The number of nitrogen functional groups attached to an aromatic ring is 1. The maximum Gasteiger partial charge on any atom is 0.309 e. The number of ether oxygens (including phenoxy) is 2. The molecule has 0 saturated heterocycles. The van der Waals surface area contributed by atoms with Crippen molar-refractivity contribution in [2.75, 3.05) is 32.5 Å². The molecule has 0 heterocycles. The lowest BCUT2D eigenvalue weighted by Gasteiger charge is -2.14. The molecule has 110 valence electrons. The summed E-state index contributed by atoms with van der Waals surface area (Å²) < 4.78 is 10.2. The Hall–Kier alpha value is -2.24. The van der Waals surface area contributed by atoms with Crippen LogP contribution in [-0.4, -0.2) is 43.6 Å². The van der Waals surface area contributed by atoms with Crippen molar-refractivity contribution < 1.29 is 19.1 Å². The van der Waals surface area contributed by atoms with Crippen molar-refractivity contribution in [2.24, 2.45) is 0 Å². The standard InChI is InChI=1S/C14H20N2O4/c1-3-16(2)13(17)10-20-14(18)7-8-19-12-6-4-5-11(15)9-12/h4-6,9H,3,7-8,10,15H2,1-2H3. The highest BCUT2D eigenvalue weighted by molar-refractivity contribution is 5.80. The third kappa shape index (κ3) is 5.60. The maximum atomic E-state index is 11.4. The highest BCUT2D eigenvalue weighted by atomic mass is 16.5. The van der Waals surface area contributed by atoms with Crippen LogP contribution >= 0.6 is 0 Å². The van der Waals surface area contributed by atoms with Crippen LogP contribution in [0.1, 0.15) is 13.3 Å². The molecule has 20 heavy (non-hydrogen) atoms. The lowest BCUT2D eigenvalue weighted by Crippen LogP contribution is -2.31. The van der Waals surface area contributed by atoms with Gasteiger partial charge in [0.1, 0.15) is 5.75 Å². The van der Waals surface area contributed by atoms with E-state index in [1.165, 1.54) is 4.90 Å². The van der Waals surface area contributed by atoms with Crippen molar-refractivity contribution in [1.82, 2.24) is 4.90 Å². The van der Waals surface area contributed by atoms with Gasteiger partial charge in [0.15, 0.2) is 6.61 Å². The molecule has 0 saturated carbocycles. The number of benzene rings is 1. The van der Waals surface area contributed by atoms with Crippen LogP contribution < -0.4 is 10.5 Å². The van der Waals surface area contributed by atoms with Gasteiger partial charge in [-0.25, -0.2) is 0 Å². The van der Waals surface area contributed by atoms with Crippen molar-refractivity contribution in [1.29, 1.82) is 0 Å². The molecule has 0 radical (unpaired) electrons. The Labute approximate surface area is 118 Å². The molecule has 1 amide bonds. The SMILES string of the molecule is CCN(C)C(=O)COC(=O)CCOc1cccc(N)c1. The Morgan fingerprint density at radius 1 is 1.35 bits per heavy atom. The molecule has 1 aromatic rings. The number of carbonyl (C=O) groups excluding carboxylic acids is 2. The van der Waals surface area contributed by atoms with Crippen molar-refractivity contribution in [3.05, 3.63) is 24.3 Å². The smallest absolute Gasteiger partial charge is 0.309 e. The average molecular weight is 280 g/mol. The molecule has 0 aliphatic rings. The molecule has 6 nitrogen and oxygen atoms in total. The van der Waals surface area contributed by atoms with Gasteiger partial charge in [-0.1, -0.05) is 6.07 Å². The molecule has 0 aliphatic carbocycles. The molecule has 1 rings (SSSR count). The second kappa shape index (κ2) is 8.04. The van der Waals surface area contributed by atoms with Gasteiger partial charge in [0.05, 0.1) is 13.0 Å². The summed E-state index contributed by atoms with van der Waals surface area (Å²) in [6.07, 6.45) is 0.0813. The monoisotopic (exact) mass is 280 g/mol. The topological polar surface area (TPSA) is 81.9 Å². The maximum absolute atomic E-state index is 11.4. The highest BCUT2D eigenvalue weighted by Gasteiger charge is 2.10. The molecule has 0 unspecified atom stereocenters. The number of anilines is 1. The summed E-state index contributed by atoms with van der Waals surface area (Å²) in [6.45, 7) is 2.37. The van der Waals surface area contributed by atoms with Crippen LogP contribution in [0.4, 0.5) is 5.69 Å². The quantitative estimate of drug-likeness (QED) is 0.596. The molecule has 6 heteroatoms. The van der Waals surface area contributed by atoms with Gasteiger partial charge >= 0.3 is 5.97 Å². The molecule has 0 bridgehead atoms. The average Bonchev–Trinajstić information content (AvgIpc) is 2.44. The summed E-state index contributed by atoms with van der Waals surface area (Å²) in [4.78, 5) is 24.3. The Bertz CT molecular complexity index is 462. The van der Waals surface area contributed by atoms with Gasteiger partial charge in [0.25, 0.3) is 5.91 Å². The van der Waals surface area contributed by atoms with Crippen LogP contribution in [0.2, 0.25) is 0 Å². The molecule has 2 N–H and O–H groups in total. The zero-order valence-corrected chi connectivity index (χ0v) is 11.8. The van der Waals surface area contributed by atoms with Crippen LogP contribution in [0.15, 0.2) is 24.3 Å². The molecule has 0 aliphatic heterocycles. The first kappa shape index (κ1) is 15.8. The predicted molar refractivity (Wildman–Crippen MR) is 75.2 cm³/mol. The number of rotatable bonds is 7. The first-order valence-electron chi connectivity index (χ1n) is 6.41. The highest BCUT2D eigenvalue weighted by Crippen LogP contribution is 2.14. The van der Waals surface area contributed by atoms with E-state index in [4.69, 9.17) is 15.2 Å². The number of esters is 1. The normalized spacial score (nSPS) is 9.90. The minimum atomic E-state index is -0.466. The Balaban J connectivity index is 2.22. The third-order valence-corrected chi connectivity index (χ3v) is 2.69. The van der Waals surface area contributed by atoms with Crippen molar-refractivity contribution in [3.63, 3.8) is 0 Å². The largest absolute Gasteiger partial charge is 0.493 e. The molecule has 0 spiro atoms. The van der Waals surface area contributed by atoms with E-state index in [0.29, 0.717) is 18.0 Å². The van der Waals surface area contributed by atoms with Crippen LogP contribution in [-0.2, 0) is 14.3 Å². The van der Waals surface area contributed by atoms with Crippen LogP contribution in [0, 0.1) is 0 Å². The second-order valence-electron chi connectivity index (χ2n) is 4.24. The van der Waals surface area contributed by atoms with E-state index in [9.17, 15) is 9.59 Å². The van der Waals surface area contributed by atoms with Gasteiger partial charge in [0.2, 0.25) is 0 Å². The van der Waals surface area contributed by atoms with Gasteiger partial charge in [-0.05, 0) is 19.1 Å². The van der Waals surface area contributed by atoms with E-state index in [0.717, 1.165) is 0 Å². The number of nitrogens with zero attached hydrogens (tertiary/aromatic N) is 1. The van der Waals surface area contributed by atoms with E-state index < -0.39 is 5.97 Å². The second-order valence-corrected chi connectivity index (χ2v) is 4.24. The van der Waals surface area contributed by atoms with Gasteiger partial charge in [-0.15, -0.1) is 0 Å². The van der Waals surface area contributed by atoms with E-state index in [1.54, 1.807) is 31.3 Å².